The molecule has 0 spiro atoms. The van der Waals surface area contributed by atoms with Gasteiger partial charge in [-0.25, -0.2) is 4.79 Å². The lowest BCUT2D eigenvalue weighted by molar-refractivity contribution is 0.00885. The van der Waals surface area contributed by atoms with Gasteiger partial charge in [0.25, 0.3) is 0 Å². The van der Waals surface area contributed by atoms with Crippen molar-refractivity contribution >= 4 is 6.09 Å². The zero-order chi connectivity index (χ0) is 13.1. The molecule has 0 aromatic rings. The van der Waals surface area contributed by atoms with Crippen molar-refractivity contribution in [3.05, 3.63) is 0 Å². The number of carbonyl (C=O) groups is 1. The molecule has 1 saturated carbocycles. The van der Waals surface area contributed by atoms with Crippen molar-refractivity contribution < 1.29 is 14.6 Å². The fourth-order valence-corrected chi connectivity index (χ4v) is 2.41. The van der Waals surface area contributed by atoms with Gasteiger partial charge in [-0.05, 0) is 39.5 Å². The molecule has 0 radical (unpaired) electrons. The van der Waals surface area contributed by atoms with Crippen LogP contribution in [0.25, 0.3) is 0 Å². The van der Waals surface area contributed by atoms with E-state index in [-0.39, 0.29) is 18.7 Å². The molecule has 0 saturated heterocycles. The molecule has 0 bridgehead atoms. The monoisotopic (exact) mass is 243 g/mol. The first kappa shape index (κ1) is 14.3. The molecule has 1 N–H and O–H groups in total. The second kappa shape index (κ2) is 5.71. The van der Waals surface area contributed by atoms with Gasteiger partial charge >= 0.3 is 6.09 Å². The van der Waals surface area contributed by atoms with E-state index < -0.39 is 5.60 Å². The lowest BCUT2D eigenvalue weighted by Gasteiger charge is -2.33. The molecule has 1 aliphatic rings. The summed E-state index contributed by atoms with van der Waals surface area (Å²) in [6, 6.07) is 0.219. The topological polar surface area (TPSA) is 49.8 Å². The molecule has 4 nitrogen and oxygen atoms in total. The van der Waals surface area contributed by atoms with E-state index in [0.29, 0.717) is 12.5 Å². The zero-order valence-corrected chi connectivity index (χ0v) is 11.4. The van der Waals surface area contributed by atoms with Gasteiger partial charge in [-0.1, -0.05) is 13.3 Å². The average molecular weight is 243 g/mol. The number of amides is 1. The molecule has 0 aromatic heterocycles. The quantitative estimate of drug-likeness (QED) is 0.828. The average Bonchev–Trinajstić information content (AvgIpc) is 2.58. The fourth-order valence-electron chi connectivity index (χ4n) is 2.41. The second-order valence-corrected chi connectivity index (χ2v) is 5.87. The van der Waals surface area contributed by atoms with Crippen molar-refractivity contribution in [2.45, 2.75) is 58.6 Å². The first-order valence-electron chi connectivity index (χ1n) is 6.45. The molecule has 1 rings (SSSR count). The van der Waals surface area contributed by atoms with E-state index in [1.807, 2.05) is 20.8 Å². The number of nitrogens with zero attached hydrogens (tertiary/aromatic N) is 1. The van der Waals surface area contributed by atoms with Gasteiger partial charge in [0.1, 0.15) is 5.60 Å². The Labute approximate surface area is 104 Å². The minimum Gasteiger partial charge on any atom is -0.444 e. The van der Waals surface area contributed by atoms with E-state index in [0.717, 1.165) is 19.3 Å². The SMILES string of the molecule is CC1CCCC1N(CCO)C(=O)OC(C)(C)C. The number of aliphatic hydroxyl groups is 1. The summed E-state index contributed by atoms with van der Waals surface area (Å²) < 4.78 is 5.39. The maximum absolute atomic E-state index is 12.1. The molecule has 2 atom stereocenters. The van der Waals surface area contributed by atoms with Gasteiger partial charge in [0, 0.05) is 12.6 Å². The summed E-state index contributed by atoms with van der Waals surface area (Å²) in [5, 5.41) is 9.08. The maximum Gasteiger partial charge on any atom is 0.410 e. The van der Waals surface area contributed by atoms with Crippen molar-refractivity contribution in [3.8, 4) is 0 Å². The highest BCUT2D eigenvalue weighted by molar-refractivity contribution is 5.68. The van der Waals surface area contributed by atoms with Crippen LogP contribution in [0.1, 0.15) is 47.0 Å². The molecule has 100 valence electrons. The van der Waals surface area contributed by atoms with Gasteiger partial charge in [0.15, 0.2) is 0 Å². The number of rotatable bonds is 3. The van der Waals surface area contributed by atoms with E-state index in [4.69, 9.17) is 9.84 Å². The Kier molecular flexibility index (Phi) is 4.80. The minimum absolute atomic E-state index is 0.0114. The Morgan fingerprint density at radius 3 is 2.47 bits per heavy atom. The molecule has 1 amide bonds. The predicted octanol–water partition coefficient (Wildman–Crippen LogP) is 2.40. The van der Waals surface area contributed by atoms with Crippen LogP contribution < -0.4 is 0 Å². The van der Waals surface area contributed by atoms with Crippen LogP contribution >= 0.6 is 0 Å². The first-order valence-corrected chi connectivity index (χ1v) is 6.45. The smallest absolute Gasteiger partial charge is 0.410 e. The van der Waals surface area contributed by atoms with Gasteiger partial charge in [0.05, 0.1) is 6.61 Å². The molecular weight excluding hydrogens is 218 g/mol. The predicted molar refractivity (Wildman–Crippen MR) is 66.8 cm³/mol. The van der Waals surface area contributed by atoms with E-state index in [1.165, 1.54) is 0 Å². The highest BCUT2D eigenvalue weighted by Crippen LogP contribution is 2.30. The summed E-state index contributed by atoms with van der Waals surface area (Å²) in [7, 11) is 0. The van der Waals surface area contributed by atoms with E-state index >= 15 is 0 Å². The Balaban J connectivity index is 2.67. The minimum atomic E-state index is -0.480. The normalized spacial score (nSPS) is 24.8. The van der Waals surface area contributed by atoms with Crippen LogP contribution in [0.5, 0.6) is 0 Å². The lowest BCUT2D eigenvalue weighted by atomic mass is 10.1. The molecule has 17 heavy (non-hydrogen) atoms. The molecule has 4 heteroatoms. The lowest BCUT2D eigenvalue weighted by Crippen LogP contribution is -2.45. The van der Waals surface area contributed by atoms with Crippen LogP contribution in [0.3, 0.4) is 0 Å². The van der Waals surface area contributed by atoms with E-state index in [1.54, 1.807) is 4.90 Å². The van der Waals surface area contributed by atoms with Crippen LogP contribution in [0.4, 0.5) is 4.79 Å². The summed E-state index contributed by atoms with van der Waals surface area (Å²) in [6.07, 6.45) is 3.01. The number of ether oxygens (including phenoxy) is 1. The van der Waals surface area contributed by atoms with Gasteiger partial charge in [-0.2, -0.15) is 0 Å². The van der Waals surface area contributed by atoms with Crippen LogP contribution in [0.2, 0.25) is 0 Å². The van der Waals surface area contributed by atoms with Crippen LogP contribution in [-0.2, 0) is 4.74 Å². The van der Waals surface area contributed by atoms with E-state index in [9.17, 15) is 4.79 Å². The highest BCUT2D eigenvalue weighted by Gasteiger charge is 2.34. The highest BCUT2D eigenvalue weighted by atomic mass is 16.6. The van der Waals surface area contributed by atoms with Gasteiger partial charge in [0.2, 0.25) is 0 Å². The molecule has 2 unspecified atom stereocenters. The Morgan fingerprint density at radius 2 is 2.06 bits per heavy atom. The largest absolute Gasteiger partial charge is 0.444 e. The van der Waals surface area contributed by atoms with Crippen molar-refractivity contribution in [1.82, 2.24) is 4.90 Å². The summed E-state index contributed by atoms with van der Waals surface area (Å²) in [5.41, 5.74) is -0.480. The number of carbonyl (C=O) groups excluding carboxylic acids is 1. The fraction of sp³-hybridized carbons (Fsp3) is 0.923. The number of hydrogen-bond acceptors (Lipinski definition) is 3. The third-order valence-electron chi connectivity index (χ3n) is 3.19. The van der Waals surface area contributed by atoms with E-state index in [2.05, 4.69) is 6.92 Å². The summed E-state index contributed by atoms with van der Waals surface area (Å²) in [5.74, 6) is 0.495. The van der Waals surface area contributed by atoms with Gasteiger partial charge in [-0.3, -0.25) is 0 Å². The van der Waals surface area contributed by atoms with Crippen molar-refractivity contribution in [2.24, 2.45) is 5.92 Å². The molecule has 0 heterocycles. The van der Waals surface area contributed by atoms with Crippen LogP contribution in [-0.4, -0.2) is 40.9 Å². The third-order valence-corrected chi connectivity index (χ3v) is 3.19. The second-order valence-electron chi connectivity index (χ2n) is 5.87. The van der Waals surface area contributed by atoms with Crippen molar-refractivity contribution in [1.29, 1.82) is 0 Å². The molecular formula is C13H25NO3. The summed E-state index contributed by atoms with van der Waals surface area (Å²) >= 11 is 0. The molecule has 0 aromatic carbocycles. The summed E-state index contributed by atoms with van der Waals surface area (Å²) in [6.45, 7) is 8.10. The zero-order valence-electron chi connectivity index (χ0n) is 11.4. The maximum atomic E-state index is 12.1. The molecule has 1 fully saturated rings. The van der Waals surface area contributed by atoms with Gasteiger partial charge < -0.3 is 14.7 Å². The standard InChI is InChI=1S/C13H25NO3/c1-10-6-5-7-11(10)14(8-9-15)12(16)17-13(2,3)4/h10-11,15H,5-9H2,1-4H3. The summed E-state index contributed by atoms with van der Waals surface area (Å²) in [4.78, 5) is 13.8. The Bertz CT molecular complexity index is 260. The third kappa shape index (κ3) is 4.19. The van der Waals surface area contributed by atoms with Crippen LogP contribution in [0.15, 0.2) is 0 Å². The van der Waals surface area contributed by atoms with Gasteiger partial charge in [-0.15, -0.1) is 0 Å². The van der Waals surface area contributed by atoms with Crippen LogP contribution in [0, 0.1) is 5.92 Å². The Morgan fingerprint density at radius 1 is 1.41 bits per heavy atom. The number of hydrogen-bond donors (Lipinski definition) is 1. The molecule has 1 aliphatic carbocycles. The Hall–Kier alpha value is -0.770. The number of aliphatic hydroxyl groups excluding tert-OH is 1. The molecule has 0 aliphatic heterocycles. The van der Waals surface area contributed by atoms with Crippen molar-refractivity contribution in [3.63, 3.8) is 0 Å². The van der Waals surface area contributed by atoms with Crippen molar-refractivity contribution in [2.75, 3.05) is 13.2 Å². The first-order chi connectivity index (χ1) is 7.85.